The number of aromatic nitrogens is 2. The lowest BCUT2D eigenvalue weighted by atomic mass is 10.2. The predicted octanol–water partition coefficient (Wildman–Crippen LogP) is 2.48. The molecule has 1 aliphatic rings. The van der Waals surface area contributed by atoms with Crippen molar-refractivity contribution in [2.24, 2.45) is 0 Å². The number of fused-ring (bicyclic) bond motifs is 1. The molecule has 7 nitrogen and oxygen atoms in total. The molecule has 0 spiro atoms. The van der Waals surface area contributed by atoms with Gasteiger partial charge in [-0.1, -0.05) is 18.2 Å². The Bertz CT molecular complexity index is 984. The maximum atomic E-state index is 12.7. The molecule has 3 heterocycles. The summed E-state index contributed by atoms with van der Waals surface area (Å²) in [5, 5.41) is 3.16. The monoisotopic (exact) mass is 411 g/mol. The number of methoxy groups -OCH3 is 1. The summed E-state index contributed by atoms with van der Waals surface area (Å²) >= 11 is 1.63. The van der Waals surface area contributed by atoms with Gasteiger partial charge in [0.2, 0.25) is 5.91 Å². The Morgan fingerprint density at radius 2 is 1.97 bits per heavy atom. The minimum absolute atomic E-state index is 0.117. The number of hydrogen-bond donors (Lipinski definition) is 0. The summed E-state index contributed by atoms with van der Waals surface area (Å²) in [7, 11) is 3.50. The van der Waals surface area contributed by atoms with E-state index in [-0.39, 0.29) is 5.91 Å². The minimum Gasteiger partial charge on any atom is -0.496 e. The van der Waals surface area contributed by atoms with Crippen LogP contribution in [-0.4, -0.2) is 72.6 Å². The molecule has 0 bridgehead atoms. The lowest BCUT2D eigenvalue weighted by Crippen LogP contribution is -2.49. The first kappa shape index (κ1) is 19.6. The number of benzene rings is 1. The normalized spacial score (nSPS) is 14.9. The van der Waals surface area contributed by atoms with Gasteiger partial charge in [-0.25, -0.2) is 9.97 Å². The molecule has 1 aromatic carbocycles. The number of para-hydroxylation sites is 1. The number of amides is 1. The maximum absolute atomic E-state index is 12.7. The SMILES string of the molecule is COc1ccccc1CN(C)C(=O)CN1CCN(c2ncnc3sccc23)CC1. The van der Waals surface area contributed by atoms with Crippen molar-refractivity contribution in [2.75, 3.05) is 51.8 Å². The molecule has 8 heteroatoms. The first-order chi connectivity index (χ1) is 14.2. The fourth-order valence-corrected chi connectivity index (χ4v) is 4.36. The van der Waals surface area contributed by atoms with Gasteiger partial charge in [0, 0.05) is 45.3 Å². The predicted molar refractivity (Wildman–Crippen MR) is 116 cm³/mol. The second-order valence-corrected chi connectivity index (χ2v) is 8.06. The van der Waals surface area contributed by atoms with Crippen molar-refractivity contribution in [1.29, 1.82) is 0 Å². The number of nitrogens with zero attached hydrogens (tertiary/aromatic N) is 5. The number of carbonyl (C=O) groups is 1. The number of piperazine rings is 1. The largest absolute Gasteiger partial charge is 0.496 e. The van der Waals surface area contributed by atoms with Crippen molar-refractivity contribution in [3.8, 4) is 5.75 Å². The maximum Gasteiger partial charge on any atom is 0.236 e. The van der Waals surface area contributed by atoms with E-state index in [1.54, 1.807) is 29.7 Å². The molecule has 1 amide bonds. The quantitative estimate of drug-likeness (QED) is 0.621. The summed E-state index contributed by atoms with van der Waals surface area (Å²) in [6, 6.07) is 9.90. The number of rotatable bonds is 6. The molecule has 4 rings (SSSR count). The summed E-state index contributed by atoms with van der Waals surface area (Å²) in [5.74, 6) is 1.92. The van der Waals surface area contributed by atoms with E-state index in [1.807, 2.05) is 31.3 Å². The molecule has 0 saturated carbocycles. The second-order valence-electron chi connectivity index (χ2n) is 7.16. The van der Waals surface area contributed by atoms with Gasteiger partial charge >= 0.3 is 0 Å². The first-order valence-corrected chi connectivity index (χ1v) is 10.5. The van der Waals surface area contributed by atoms with E-state index in [1.165, 1.54) is 0 Å². The molecule has 0 N–H and O–H groups in total. The highest BCUT2D eigenvalue weighted by Crippen LogP contribution is 2.27. The first-order valence-electron chi connectivity index (χ1n) is 9.67. The Balaban J connectivity index is 1.32. The van der Waals surface area contributed by atoms with Crippen LogP contribution in [0.15, 0.2) is 42.0 Å². The average Bonchev–Trinajstić information content (AvgIpc) is 3.23. The molecule has 1 aliphatic heterocycles. The number of thiophene rings is 1. The fraction of sp³-hybridized carbons (Fsp3) is 0.381. The molecule has 2 aromatic heterocycles. The van der Waals surface area contributed by atoms with Gasteiger partial charge in [0.15, 0.2) is 0 Å². The highest BCUT2D eigenvalue weighted by molar-refractivity contribution is 7.16. The van der Waals surface area contributed by atoms with E-state index in [9.17, 15) is 4.79 Å². The molecule has 152 valence electrons. The van der Waals surface area contributed by atoms with Crippen LogP contribution in [-0.2, 0) is 11.3 Å². The van der Waals surface area contributed by atoms with Crippen molar-refractivity contribution in [3.05, 3.63) is 47.6 Å². The van der Waals surface area contributed by atoms with Gasteiger partial charge in [0.1, 0.15) is 22.7 Å². The third-order valence-electron chi connectivity index (χ3n) is 5.30. The van der Waals surface area contributed by atoms with Gasteiger partial charge in [-0.05, 0) is 17.5 Å². The van der Waals surface area contributed by atoms with E-state index in [4.69, 9.17) is 4.74 Å². The Labute approximate surface area is 174 Å². The number of hydrogen-bond acceptors (Lipinski definition) is 7. The van der Waals surface area contributed by atoms with Crippen LogP contribution in [0.3, 0.4) is 0 Å². The van der Waals surface area contributed by atoms with E-state index < -0.39 is 0 Å². The zero-order valence-corrected chi connectivity index (χ0v) is 17.6. The second kappa shape index (κ2) is 8.75. The van der Waals surface area contributed by atoms with Crippen LogP contribution in [0.2, 0.25) is 0 Å². The molecular weight excluding hydrogens is 386 g/mol. The number of anilines is 1. The molecule has 1 saturated heterocycles. The summed E-state index contributed by atoms with van der Waals surface area (Å²) in [4.78, 5) is 28.8. The zero-order chi connectivity index (χ0) is 20.2. The van der Waals surface area contributed by atoms with Crippen molar-refractivity contribution in [3.63, 3.8) is 0 Å². The lowest BCUT2D eigenvalue weighted by molar-refractivity contribution is -0.131. The van der Waals surface area contributed by atoms with Crippen LogP contribution in [0, 0.1) is 0 Å². The molecule has 29 heavy (non-hydrogen) atoms. The topological polar surface area (TPSA) is 61.8 Å². The standard InChI is InChI=1S/C21H25N5O2S/c1-24(13-16-5-3-4-6-18(16)28-2)19(27)14-25-8-10-26(11-9-25)20-17-7-12-29-21(17)23-15-22-20/h3-7,12,15H,8-11,13-14H2,1-2H3. The molecule has 1 fully saturated rings. The average molecular weight is 412 g/mol. The van der Waals surface area contributed by atoms with Gasteiger partial charge in [0.25, 0.3) is 0 Å². The molecule has 0 aliphatic carbocycles. The Kier molecular flexibility index (Phi) is 5.92. The molecule has 0 radical (unpaired) electrons. The molecule has 3 aromatic rings. The Hall–Kier alpha value is -2.71. The van der Waals surface area contributed by atoms with Crippen LogP contribution in [0.1, 0.15) is 5.56 Å². The van der Waals surface area contributed by atoms with Crippen molar-refractivity contribution in [2.45, 2.75) is 6.54 Å². The van der Waals surface area contributed by atoms with E-state index >= 15 is 0 Å². The summed E-state index contributed by atoms with van der Waals surface area (Å²) in [6.45, 7) is 4.35. The summed E-state index contributed by atoms with van der Waals surface area (Å²) in [5.41, 5.74) is 1.01. The van der Waals surface area contributed by atoms with Gasteiger partial charge < -0.3 is 14.5 Å². The van der Waals surface area contributed by atoms with Crippen molar-refractivity contribution < 1.29 is 9.53 Å². The van der Waals surface area contributed by atoms with Gasteiger partial charge in [-0.3, -0.25) is 9.69 Å². The Morgan fingerprint density at radius 3 is 2.76 bits per heavy atom. The summed E-state index contributed by atoms with van der Waals surface area (Å²) < 4.78 is 5.39. The van der Waals surface area contributed by atoms with Crippen molar-refractivity contribution in [1.82, 2.24) is 19.8 Å². The third kappa shape index (κ3) is 4.33. The molecule has 0 atom stereocenters. The molecular formula is C21H25N5O2S. The highest BCUT2D eigenvalue weighted by Gasteiger charge is 2.23. The Morgan fingerprint density at radius 1 is 1.17 bits per heavy atom. The minimum atomic E-state index is 0.117. The van der Waals surface area contributed by atoms with Crippen LogP contribution in [0.5, 0.6) is 5.75 Å². The number of carbonyl (C=O) groups excluding carboxylic acids is 1. The van der Waals surface area contributed by atoms with E-state index in [0.29, 0.717) is 13.1 Å². The van der Waals surface area contributed by atoms with Gasteiger partial charge in [-0.15, -0.1) is 11.3 Å². The molecule has 0 unspecified atom stereocenters. The fourth-order valence-electron chi connectivity index (χ4n) is 3.64. The van der Waals surface area contributed by atoms with Crippen molar-refractivity contribution >= 4 is 33.3 Å². The zero-order valence-electron chi connectivity index (χ0n) is 16.7. The lowest BCUT2D eigenvalue weighted by Gasteiger charge is -2.35. The number of ether oxygens (including phenoxy) is 1. The van der Waals surface area contributed by atoms with E-state index in [0.717, 1.165) is 53.5 Å². The summed E-state index contributed by atoms with van der Waals surface area (Å²) in [6.07, 6.45) is 1.64. The number of likely N-dealkylation sites (N-methyl/N-ethyl adjacent to an activating group) is 1. The van der Waals surface area contributed by atoms with Crippen LogP contribution in [0.25, 0.3) is 10.2 Å². The smallest absolute Gasteiger partial charge is 0.236 e. The van der Waals surface area contributed by atoms with Crippen LogP contribution >= 0.6 is 11.3 Å². The third-order valence-corrected chi connectivity index (χ3v) is 6.12. The van der Waals surface area contributed by atoms with Crippen LogP contribution in [0.4, 0.5) is 5.82 Å². The highest BCUT2D eigenvalue weighted by atomic mass is 32.1. The van der Waals surface area contributed by atoms with Gasteiger partial charge in [-0.2, -0.15) is 0 Å². The van der Waals surface area contributed by atoms with Crippen LogP contribution < -0.4 is 9.64 Å². The van der Waals surface area contributed by atoms with Gasteiger partial charge in [0.05, 0.1) is 19.0 Å². The van der Waals surface area contributed by atoms with E-state index in [2.05, 4.69) is 31.2 Å².